The van der Waals surface area contributed by atoms with E-state index in [0.29, 0.717) is 37.8 Å². The van der Waals surface area contributed by atoms with Crippen LogP contribution in [0.2, 0.25) is 0 Å². The van der Waals surface area contributed by atoms with E-state index in [2.05, 4.69) is 10.6 Å². The molecule has 0 aromatic heterocycles. The molecule has 206 valence electrons. The van der Waals surface area contributed by atoms with Gasteiger partial charge in [-0.15, -0.1) is 0 Å². The standard InChI is InChI=1S/C25H24F6N2O5/c26-17-3-1-14(9-16(17)25(29,30)31)37-12-21(35)32-23-5-7-24(8-6-23,20(34)11-23)33-22(36)13-38-15-2-4-18(27)19(28)10-15/h1-4,9-10,20,34H,5-8,11-13H2,(H,32,35)(H,33,36)/t20-,23?,24?/m0/s1. The number of ether oxygens (including phenoxy) is 2. The van der Waals surface area contributed by atoms with E-state index in [1.165, 1.54) is 6.07 Å². The molecule has 7 nitrogen and oxygen atoms in total. The second-order valence-corrected chi connectivity index (χ2v) is 9.55. The first-order valence-electron chi connectivity index (χ1n) is 11.7. The smallest absolute Gasteiger partial charge is 0.419 e. The van der Waals surface area contributed by atoms with Crippen LogP contribution >= 0.6 is 0 Å². The number of nitrogens with one attached hydrogen (secondary N) is 2. The number of hydrogen-bond acceptors (Lipinski definition) is 5. The van der Waals surface area contributed by atoms with Crippen LogP contribution in [0, 0.1) is 17.5 Å². The second kappa shape index (κ2) is 10.4. The zero-order chi connectivity index (χ0) is 27.7. The number of alkyl halides is 3. The fourth-order valence-electron chi connectivity index (χ4n) is 4.98. The summed E-state index contributed by atoms with van der Waals surface area (Å²) in [5.74, 6) is -5.20. The largest absolute Gasteiger partial charge is 0.484 e. The number of hydrogen-bond donors (Lipinski definition) is 3. The molecular weight excluding hydrogens is 522 g/mol. The third-order valence-corrected chi connectivity index (χ3v) is 6.99. The number of carbonyl (C=O) groups is 2. The lowest BCUT2D eigenvalue weighted by molar-refractivity contribution is -0.140. The van der Waals surface area contributed by atoms with Crippen molar-refractivity contribution >= 4 is 11.8 Å². The minimum Gasteiger partial charge on any atom is -0.484 e. The van der Waals surface area contributed by atoms with E-state index in [1.807, 2.05) is 0 Å². The number of aliphatic hydroxyl groups is 1. The Morgan fingerprint density at radius 3 is 1.95 bits per heavy atom. The molecule has 3 aliphatic rings. The predicted octanol–water partition coefficient (Wildman–Crippen LogP) is 3.63. The number of benzene rings is 2. The molecule has 0 spiro atoms. The van der Waals surface area contributed by atoms with Crippen molar-refractivity contribution in [1.29, 1.82) is 0 Å². The van der Waals surface area contributed by atoms with Gasteiger partial charge in [0.1, 0.15) is 17.3 Å². The molecule has 3 saturated carbocycles. The summed E-state index contributed by atoms with van der Waals surface area (Å²) in [6.07, 6.45) is -4.40. The van der Waals surface area contributed by atoms with Crippen LogP contribution in [-0.4, -0.2) is 47.3 Å². The number of halogens is 6. The van der Waals surface area contributed by atoms with Crippen molar-refractivity contribution in [1.82, 2.24) is 10.6 Å². The third kappa shape index (κ3) is 5.98. The molecule has 3 aliphatic carbocycles. The third-order valence-electron chi connectivity index (χ3n) is 6.99. The highest BCUT2D eigenvalue weighted by Crippen LogP contribution is 2.47. The maximum atomic E-state index is 13.4. The molecule has 38 heavy (non-hydrogen) atoms. The molecule has 2 aromatic rings. The molecule has 2 bridgehead atoms. The number of fused-ring (bicyclic) bond motifs is 3. The van der Waals surface area contributed by atoms with E-state index in [0.717, 1.165) is 18.2 Å². The molecule has 2 amide bonds. The number of rotatable bonds is 8. The van der Waals surface area contributed by atoms with Gasteiger partial charge in [-0.2, -0.15) is 13.2 Å². The summed E-state index contributed by atoms with van der Waals surface area (Å²) in [6, 6.07) is 4.90. The zero-order valence-corrected chi connectivity index (χ0v) is 19.8. The van der Waals surface area contributed by atoms with Gasteiger partial charge in [-0.25, -0.2) is 13.2 Å². The van der Waals surface area contributed by atoms with Crippen molar-refractivity contribution in [3.63, 3.8) is 0 Å². The molecular formula is C25H24F6N2O5. The first-order chi connectivity index (χ1) is 17.8. The minimum atomic E-state index is -4.92. The van der Waals surface area contributed by atoms with E-state index < -0.39 is 71.4 Å². The fourth-order valence-corrected chi connectivity index (χ4v) is 4.98. The summed E-state index contributed by atoms with van der Waals surface area (Å²) in [6.45, 7) is -1.11. The van der Waals surface area contributed by atoms with Crippen LogP contribution in [0.15, 0.2) is 36.4 Å². The quantitative estimate of drug-likeness (QED) is 0.440. The topological polar surface area (TPSA) is 96.9 Å². The normalized spacial score (nSPS) is 24.6. The Labute approximate surface area is 213 Å². The highest BCUT2D eigenvalue weighted by atomic mass is 19.4. The molecule has 2 aromatic carbocycles. The zero-order valence-electron chi connectivity index (χ0n) is 19.8. The Hall–Kier alpha value is -3.48. The molecule has 3 fully saturated rings. The SMILES string of the molecule is O=C(COc1ccc(F)c(C(F)(F)F)c1)NC12CCC(NC(=O)COc3ccc(F)c(F)c3)(CC1)[C@@H](O)C2. The van der Waals surface area contributed by atoms with Crippen LogP contribution in [0.25, 0.3) is 0 Å². The summed E-state index contributed by atoms with van der Waals surface area (Å²) in [4.78, 5) is 24.9. The molecule has 0 saturated heterocycles. The first kappa shape index (κ1) is 27.6. The summed E-state index contributed by atoms with van der Waals surface area (Å²) >= 11 is 0. The summed E-state index contributed by atoms with van der Waals surface area (Å²) < 4.78 is 88.7. The van der Waals surface area contributed by atoms with Gasteiger partial charge in [0.15, 0.2) is 24.8 Å². The van der Waals surface area contributed by atoms with Gasteiger partial charge in [-0.3, -0.25) is 9.59 Å². The second-order valence-electron chi connectivity index (χ2n) is 9.55. The van der Waals surface area contributed by atoms with E-state index in [9.17, 15) is 41.0 Å². The Morgan fingerprint density at radius 1 is 0.842 bits per heavy atom. The molecule has 0 radical (unpaired) electrons. The summed E-state index contributed by atoms with van der Waals surface area (Å²) in [5, 5.41) is 16.3. The number of carbonyl (C=O) groups excluding carboxylic acids is 2. The number of aliphatic hydroxyl groups excluding tert-OH is 1. The van der Waals surface area contributed by atoms with Gasteiger partial charge in [-0.05, 0) is 62.4 Å². The van der Waals surface area contributed by atoms with Crippen LogP contribution in [0.4, 0.5) is 26.3 Å². The van der Waals surface area contributed by atoms with Crippen molar-refractivity contribution in [2.24, 2.45) is 0 Å². The highest BCUT2D eigenvalue weighted by Gasteiger charge is 2.55. The van der Waals surface area contributed by atoms with Crippen molar-refractivity contribution in [3.05, 3.63) is 59.4 Å². The van der Waals surface area contributed by atoms with Crippen LogP contribution in [0.5, 0.6) is 11.5 Å². The average Bonchev–Trinajstić information content (AvgIpc) is 2.84. The van der Waals surface area contributed by atoms with Crippen molar-refractivity contribution < 1.29 is 50.5 Å². The monoisotopic (exact) mass is 546 g/mol. The van der Waals surface area contributed by atoms with Gasteiger partial charge < -0.3 is 25.2 Å². The Balaban J connectivity index is 1.29. The summed E-state index contributed by atoms with van der Waals surface area (Å²) in [5.41, 5.74) is -3.26. The van der Waals surface area contributed by atoms with Gasteiger partial charge in [-0.1, -0.05) is 0 Å². The Kier molecular flexibility index (Phi) is 7.51. The van der Waals surface area contributed by atoms with E-state index in [-0.39, 0.29) is 17.9 Å². The summed E-state index contributed by atoms with van der Waals surface area (Å²) in [7, 11) is 0. The predicted molar refractivity (Wildman–Crippen MR) is 120 cm³/mol. The maximum Gasteiger partial charge on any atom is 0.419 e. The van der Waals surface area contributed by atoms with Crippen molar-refractivity contribution in [3.8, 4) is 11.5 Å². The molecule has 0 unspecified atom stereocenters. The molecule has 5 rings (SSSR count). The highest BCUT2D eigenvalue weighted by molar-refractivity contribution is 5.79. The molecule has 0 aliphatic heterocycles. The van der Waals surface area contributed by atoms with Gasteiger partial charge in [0.25, 0.3) is 11.8 Å². The lowest BCUT2D eigenvalue weighted by Crippen LogP contribution is -2.70. The minimum absolute atomic E-state index is 0.0383. The van der Waals surface area contributed by atoms with Gasteiger partial charge >= 0.3 is 6.18 Å². The lowest BCUT2D eigenvalue weighted by Gasteiger charge is -2.56. The Morgan fingerprint density at radius 2 is 1.39 bits per heavy atom. The number of amides is 2. The van der Waals surface area contributed by atoms with E-state index in [4.69, 9.17) is 9.47 Å². The molecule has 1 atom stereocenters. The van der Waals surface area contributed by atoms with Crippen LogP contribution in [0.1, 0.15) is 37.7 Å². The van der Waals surface area contributed by atoms with Crippen LogP contribution in [0.3, 0.4) is 0 Å². The lowest BCUT2D eigenvalue weighted by atomic mass is 9.60. The maximum absolute atomic E-state index is 13.4. The van der Waals surface area contributed by atoms with E-state index >= 15 is 0 Å². The van der Waals surface area contributed by atoms with Gasteiger partial charge in [0.05, 0.1) is 17.2 Å². The van der Waals surface area contributed by atoms with Crippen molar-refractivity contribution in [2.45, 2.75) is 55.5 Å². The molecule has 3 N–H and O–H groups in total. The fraction of sp³-hybridized carbons (Fsp3) is 0.440. The molecule has 13 heteroatoms. The molecule has 0 heterocycles. The van der Waals surface area contributed by atoms with Crippen LogP contribution < -0.4 is 20.1 Å². The Bertz CT molecular complexity index is 1210. The first-order valence-corrected chi connectivity index (χ1v) is 11.7. The average molecular weight is 546 g/mol. The van der Waals surface area contributed by atoms with Crippen molar-refractivity contribution in [2.75, 3.05) is 13.2 Å². The van der Waals surface area contributed by atoms with Gasteiger partial charge in [0.2, 0.25) is 0 Å². The van der Waals surface area contributed by atoms with E-state index in [1.54, 1.807) is 0 Å². The van der Waals surface area contributed by atoms with Crippen LogP contribution in [-0.2, 0) is 15.8 Å². The van der Waals surface area contributed by atoms with Gasteiger partial charge in [0, 0.05) is 11.6 Å².